The van der Waals surface area contributed by atoms with E-state index in [1.54, 1.807) is 18.3 Å². The van der Waals surface area contributed by atoms with Gasteiger partial charge in [0.25, 0.3) is 0 Å². The zero-order valence-corrected chi connectivity index (χ0v) is 14.7. The first-order valence-corrected chi connectivity index (χ1v) is 8.41. The standard InChI is InChI=1S/C19H21N5O2/c1-3-11(12-4-6-13(7-5-12)18(25)26)8-14-9-22-17-15(10(14)2)16(20)23-19(21)24-17/h4-7,9,11H,3,8H2,1-2H3,(H,25,26)(H4,20,21,22,23,24). The second-order valence-electron chi connectivity index (χ2n) is 6.31. The Morgan fingerprint density at radius 2 is 1.88 bits per heavy atom. The van der Waals surface area contributed by atoms with E-state index in [4.69, 9.17) is 16.6 Å². The number of carboxylic acids is 1. The summed E-state index contributed by atoms with van der Waals surface area (Å²) in [7, 11) is 0. The Labute approximate surface area is 151 Å². The summed E-state index contributed by atoms with van der Waals surface area (Å²) >= 11 is 0. The Morgan fingerprint density at radius 1 is 1.19 bits per heavy atom. The van der Waals surface area contributed by atoms with E-state index in [1.807, 2.05) is 19.1 Å². The average Bonchev–Trinajstić information content (AvgIpc) is 2.61. The van der Waals surface area contributed by atoms with Crippen LogP contribution in [0, 0.1) is 6.92 Å². The lowest BCUT2D eigenvalue weighted by Crippen LogP contribution is -2.07. The molecule has 3 aromatic rings. The molecule has 0 saturated heterocycles. The largest absolute Gasteiger partial charge is 0.478 e. The minimum absolute atomic E-state index is 0.111. The number of aromatic carboxylic acids is 1. The van der Waals surface area contributed by atoms with Gasteiger partial charge in [0.15, 0.2) is 5.65 Å². The topological polar surface area (TPSA) is 128 Å². The number of carboxylic acid groups (broad SMARTS) is 1. The van der Waals surface area contributed by atoms with Crippen LogP contribution in [0.25, 0.3) is 11.0 Å². The summed E-state index contributed by atoms with van der Waals surface area (Å²) < 4.78 is 0. The van der Waals surface area contributed by atoms with Crippen LogP contribution in [0.1, 0.15) is 46.3 Å². The summed E-state index contributed by atoms with van der Waals surface area (Å²) in [5, 5.41) is 9.78. The van der Waals surface area contributed by atoms with Crippen molar-refractivity contribution in [2.45, 2.75) is 32.6 Å². The van der Waals surface area contributed by atoms with Crippen molar-refractivity contribution in [2.24, 2.45) is 0 Å². The van der Waals surface area contributed by atoms with Crippen molar-refractivity contribution in [3.8, 4) is 0 Å². The third-order valence-electron chi connectivity index (χ3n) is 4.72. The number of rotatable bonds is 5. The van der Waals surface area contributed by atoms with E-state index in [9.17, 15) is 4.79 Å². The third-order valence-corrected chi connectivity index (χ3v) is 4.72. The highest BCUT2D eigenvalue weighted by Gasteiger charge is 2.16. The van der Waals surface area contributed by atoms with Crippen molar-refractivity contribution >= 4 is 28.8 Å². The Kier molecular flexibility index (Phi) is 4.71. The number of anilines is 2. The summed E-state index contributed by atoms with van der Waals surface area (Å²) in [6.45, 7) is 4.09. The van der Waals surface area contributed by atoms with Gasteiger partial charge < -0.3 is 16.6 Å². The van der Waals surface area contributed by atoms with Gasteiger partial charge in [0.05, 0.1) is 10.9 Å². The van der Waals surface area contributed by atoms with E-state index < -0.39 is 5.97 Å². The van der Waals surface area contributed by atoms with Crippen molar-refractivity contribution in [3.63, 3.8) is 0 Å². The minimum atomic E-state index is -0.922. The Morgan fingerprint density at radius 3 is 2.50 bits per heavy atom. The number of nitrogens with zero attached hydrogens (tertiary/aromatic N) is 3. The smallest absolute Gasteiger partial charge is 0.335 e. The molecule has 0 amide bonds. The van der Waals surface area contributed by atoms with Gasteiger partial charge >= 0.3 is 5.97 Å². The number of hydrogen-bond donors (Lipinski definition) is 3. The van der Waals surface area contributed by atoms with E-state index in [-0.39, 0.29) is 17.4 Å². The second-order valence-corrected chi connectivity index (χ2v) is 6.31. The molecule has 26 heavy (non-hydrogen) atoms. The fourth-order valence-corrected chi connectivity index (χ4v) is 3.20. The van der Waals surface area contributed by atoms with Crippen molar-refractivity contribution in [3.05, 3.63) is 52.7 Å². The van der Waals surface area contributed by atoms with Crippen LogP contribution in [0.4, 0.5) is 11.8 Å². The molecule has 0 spiro atoms. The molecule has 134 valence electrons. The monoisotopic (exact) mass is 351 g/mol. The maximum Gasteiger partial charge on any atom is 0.335 e. The summed E-state index contributed by atoms with van der Waals surface area (Å²) in [5.74, 6) is -0.238. The highest BCUT2D eigenvalue weighted by Crippen LogP contribution is 2.29. The molecule has 5 N–H and O–H groups in total. The Bertz CT molecular complexity index is 970. The SMILES string of the molecule is CCC(Cc1cnc2nc(N)nc(N)c2c1C)c1ccc(C(=O)O)cc1. The molecule has 1 atom stereocenters. The number of pyridine rings is 1. The van der Waals surface area contributed by atoms with Gasteiger partial charge in [-0.2, -0.15) is 9.97 Å². The molecular weight excluding hydrogens is 330 g/mol. The molecule has 0 radical (unpaired) electrons. The lowest BCUT2D eigenvalue weighted by atomic mass is 9.88. The summed E-state index contributed by atoms with van der Waals surface area (Å²) in [4.78, 5) is 23.6. The van der Waals surface area contributed by atoms with Crippen molar-refractivity contribution in [2.75, 3.05) is 11.5 Å². The highest BCUT2D eigenvalue weighted by atomic mass is 16.4. The van der Waals surface area contributed by atoms with Gasteiger partial charge in [-0.1, -0.05) is 19.1 Å². The third kappa shape index (κ3) is 3.28. The van der Waals surface area contributed by atoms with E-state index >= 15 is 0 Å². The molecule has 3 rings (SSSR count). The van der Waals surface area contributed by atoms with Gasteiger partial charge in [0.1, 0.15) is 5.82 Å². The number of hydrogen-bond acceptors (Lipinski definition) is 6. The molecule has 0 saturated carbocycles. The van der Waals surface area contributed by atoms with Crippen LogP contribution in [-0.4, -0.2) is 26.0 Å². The van der Waals surface area contributed by atoms with E-state index in [0.717, 1.165) is 34.9 Å². The fraction of sp³-hybridized carbons (Fsp3) is 0.263. The molecule has 1 unspecified atom stereocenters. The maximum absolute atomic E-state index is 11.0. The molecule has 0 aliphatic heterocycles. The molecule has 0 aliphatic rings. The molecule has 2 heterocycles. The first-order chi connectivity index (χ1) is 12.4. The van der Waals surface area contributed by atoms with Crippen LogP contribution in [0.3, 0.4) is 0 Å². The summed E-state index contributed by atoms with van der Waals surface area (Å²) in [6, 6.07) is 7.03. The van der Waals surface area contributed by atoms with Gasteiger partial charge in [0.2, 0.25) is 5.95 Å². The highest BCUT2D eigenvalue weighted by molar-refractivity contribution is 5.90. The van der Waals surface area contributed by atoms with Gasteiger partial charge in [-0.3, -0.25) is 0 Å². The molecule has 1 aromatic carbocycles. The van der Waals surface area contributed by atoms with Crippen LogP contribution < -0.4 is 11.5 Å². The van der Waals surface area contributed by atoms with Crippen molar-refractivity contribution in [1.82, 2.24) is 15.0 Å². The molecule has 0 aliphatic carbocycles. The van der Waals surface area contributed by atoms with Gasteiger partial charge in [-0.15, -0.1) is 0 Å². The molecule has 0 fully saturated rings. The lowest BCUT2D eigenvalue weighted by molar-refractivity contribution is 0.0697. The number of aryl methyl sites for hydroxylation is 1. The Hall–Kier alpha value is -3.22. The Balaban J connectivity index is 1.95. The average molecular weight is 351 g/mol. The fourth-order valence-electron chi connectivity index (χ4n) is 3.20. The number of nitrogens with two attached hydrogens (primary N) is 2. The molecule has 0 bridgehead atoms. The van der Waals surface area contributed by atoms with Gasteiger partial charge in [0, 0.05) is 6.20 Å². The van der Waals surface area contributed by atoms with Gasteiger partial charge in [-0.05, 0) is 54.5 Å². The zero-order chi connectivity index (χ0) is 18.8. The van der Waals surface area contributed by atoms with Crippen LogP contribution in [0.5, 0.6) is 0 Å². The molecular formula is C19H21N5O2. The van der Waals surface area contributed by atoms with Crippen LogP contribution in [0.15, 0.2) is 30.5 Å². The summed E-state index contributed by atoms with van der Waals surface area (Å²) in [6.07, 6.45) is 3.48. The molecule has 2 aromatic heterocycles. The quantitative estimate of drug-likeness (QED) is 0.644. The normalized spacial score (nSPS) is 12.2. The number of benzene rings is 1. The summed E-state index contributed by atoms with van der Waals surface area (Å²) in [5.41, 5.74) is 15.6. The second kappa shape index (κ2) is 6.95. The van der Waals surface area contributed by atoms with Crippen LogP contribution in [-0.2, 0) is 6.42 Å². The minimum Gasteiger partial charge on any atom is -0.478 e. The predicted octanol–water partition coefficient (Wildman–Crippen LogP) is 2.93. The van der Waals surface area contributed by atoms with Crippen LogP contribution >= 0.6 is 0 Å². The molecule has 7 heteroatoms. The van der Waals surface area contributed by atoms with E-state index in [0.29, 0.717) is 11.5 Å². The number of aromatic nitrogens is 3. The van der Waals surface area contributed by atoms with Crippen molar-refractivity contribution in [1.29, 1.82) is 0 Å². The maximum atomic E-state index is 11.0. The first kappa shape index (κ1) is 17.6. The zero-order valence-electron chi connectivity index (χ0n) is 14.7. The predicted molar refractivity (Wildman–Crippen MR) is 101 cm³/mol. The first-order valence-electron chi connectivity index (χ1n) is 8.41. The van der Waals surface area contributed by atoms with Crippen molar-refractivity contribution < 1.29 is 9.90 Å². The number of nitrogen functional groups attached to an aromatic ring is 2. The lowest BCUT2D eigenvalue weighted by Gasteiger charge is -2.18. The van der Waals surface area contributed by atoms with Crippen LogP contribution in [0.2, 0.25) is 0 Å². The van der Waals surface area contributed by atoms with E-state index in [1.165, 1.54) is 0 Å². The van der Waals surface area contributed by atoms with E-state index in [2.05, 4.69) is 21.9 Å². The number of fused-ring (bicyclic) bond motifs is 1. The van der Waals surface area contributed by atoms with Gasteiger partial charge in [-0.25, -0.2) is 9.78 Å². The number of carbonyl (C=O) groups is 1. The molecule has 7 nitrogen and oxygen atoms in total.